The molecule has 1 aromatic rings. The fourth-order valence-corrected chi connectivity index (χ4v) is 2.64. The maximum absolute atomic E-state index is 12.8. The summed E-state index contributed by atoms with van der Waals surface area (Å²) in [6.45, 7) is 0.348. The minimum absolute atomic E-state index is 0.0799. The molecule has 1 N–H and O–H groups in total. The van der Waals surface area contributed by atoms with Gasteiger partial charge in [-0.1, -0.05) is 44.0 Å². The van der Waals surface area contributed by atoms with Gasteiger partial charge in [-0.25, -0.2) is 4.39 Å². The van der Waals surface area contributed by atoms with Gasteiger partial charge in [-0.15, -0.1) is 0 Å². The number of rotatable bonds is 5. The number of carbonyl (C=O) groups is 1. The van der Waals surface area contributed by atoms with Crippen molar-refractivity contribution >= 4 is 37.8 Å². The smallest absolute Gasteiger partial charge is 0.234 e. The predicted molar refractivity (Wildman–Crippen MR) is 69.4 cm³/mol. The highest BCUT2D eigenvalue weighted by Gasteiger charge is 2.12. The van der Waals surface area contributed by atoms with Gasteiger partial charge in [0.1, 0.15) is 5.82 Å². The summed E-state index contributed by atoms with van der Waals surface area (Å²) >= 11 is 6.54. The van der Waals surface area contributed by atoms with Crippen molar-refractivity contribution in [1.29, 1.82) is 0 Å². The van der Waals surface area contributed by atoms with Gasteiger partial charge in [-0.3, -0.25) is 4.79 Å². The first kappa shape index (κ1) is 13.6. The second kappa shape index (κ2) is 7.01. The van der Waals surface area contributed by atoms with Gasteiger partial charge in [0.2, 0.25) is 5.91 Å². The molecule has 1 atom stereocenters. The molecule has 5 heteroatoms. The third-order valence-electron chi connectivity index (χ3n) is 2.00. The molecule has 2 nitrogen and oxygen atoms in total. The Kier molecular flexibility index (Phi) is 5.98. The quantitative estimate of drug-likeness (QED) is 0.811. The second-order valence-electron chi connectivity index (χ2n) is 3.29. The molecule has 0 aliphatic carbocycles. The summed E-state index contributed by atoms with van der Waals surface area (Å²) in [7, 11) is 0. The normalized spacial score (nSPS) is 12.2. The Morgan fingerprint density at radius 3 is 2.88 bits per heavy atom. The van der Waals surface area contributed by atoms with Crippen LogP contribution in [-0.4, -0.2) is 16.1 Å². The molecule has 1 rings (SSSR count). The molecule has 0 saturated carbocycles. The number of amides is 1. The summed E-state index contributed by atoms with van der Waals surface area (Å²) in [4.78, 5) is 11.3. The molecule has 0 bridgehead atoms. The van der Waals surface area contributed by atoms with Crippen LogP contribution in [0.3, 0.4) is 0 Å². The van der Waals surface area contributed by atoms with Crippen LogP contribution in [0.1, 0.15) is 12.0 Å². The zero-order chi connectivity index (χ0) is 12.0. The first-order valence-electron chi connectivity index (χ1n) is 4.85. The summed E-state index contributed by atoms with van der Waals surface area (Å²) < 4.78 is 12.8. The summed E-state index contributed by atoms with van der Waals surface area (Å²) in [5, 5.41) is 3.50. The minimum atomic E-state index is -0.289. The van der Waals surface area contributed by atoms with Crippen LogP contribution in [0, 0.1) is 5.82 Å². The van der Waals surface area contributed by atoms with E-state index in [1.54, 1.807) is 12.1 Å². The largest absolute Gasteiger partial charge is 0.351 e. The molecule has 0 aliphatic heterocycles. The van der Waals surface area contributed by atoms with E-state index < -0.39 is 0 Å². The van der Waals surface area contributed by atoms with Crippen LogP contribution in [0.25, 0.3) is 0 Å². The van der Waals surface area contributed by atoms with Crippen LogP contribution in [0.4, 0.5) is 4.39 Å². The Labute approximate surface area is 111 Å². The Hall–Kier alpha value is -0.420. The van der Waals surface area contributed by atoms with Crippen LogP contribution < -0.4 is 5.32 Å². The fraction of sp³-hybridized carbons (Fsp3) is 0.364. The molecule has 16 heavy (non-hydrogen) atoms. The van der Waals surface area contributed by atoms with E-state index in [0.717, 1.165) is 17.3 Å². The molecule has 0 unspecified atom stereocenters. The van der Waals surface area contributed by atoms with E-state index in [0.29, 0.717) is 6.54 Å². The topological polar surface area (TPSA) is 29.1 Å². The van der Waals surface area contributed by atoms with Crippen molar-refractivity contribution in [3.63, 3.8) is 0 Å². The molecule has 1 aromatic carbocycles. The molecule has 1 amide bonds. The van der Waals surface area contributed by atoms with E-state index >= 15 is 0 Å². The van der Waals surface area contributed by atoms with E-state index in [1.165, 1.54) is 12.1 Å². The SMILES string of the molecule is O=C(NCc1cccc(F)c1)[C@@H](Br)CCBr. The highest BCUT2D eigenvalue weighted by atomic mass is 79.9. The molecular formula is C11H12Br2FNO. The molecule has 0 saturated heterocycles. The maximum Gasteiger partial charge on any atom is 0.234 e. The van der Waals surface area contributed by atoms with Crippen molar-refractivity contribution in [1.82, 2.24) is 5.32 Å². The fourth-order valence-electron chi connectivity index (χ4n) is 1.17. The van der Waals surface area contributed by atoms with Gasteiger partial charge in [0.15, 0.2) is 0 Å². The van der Waals surface area contributed by atoms with Crippen molar-refractivity contribution in [2.75, 3.05) is 5.33 Å². The molecule has 0 aromatic heterocycles. The van der Waals surface area contributed by atoms with Gasteiger partial charge in [0.05, 0.1) is 4.83 Å². The highest BCUT2D eigenvalue weighted by Crippen LogP contribution is 2.08. The Morgan fingerprint density at radius 1 is 1.50 bits per heavy atom. The summed E-state index contributed by atoms with van der Waals surface area (Å²) in [5.41, 5.74) is 0.756. The van der Waals surface area contributed by atoms with E-state index in [4.69, 9.17) is 0 Å². The highest BCUT2D eigenvalue weighted by molar-refractivity contribution is 9.10. The van der Waals surface area contributed by atoms with Crippen molar-refractivity contribution in [2.45, 2.75) is 17.8 Å². The first-order chi connectivity index (χ1) is 7.63. The third kappa shape index (κ3) is 4.61. The summed E-state index contributed by atoms with van der Waals surface area (Å²) in [6, 6.07) is 6.19. The molecule has 0 aliphatic rings. The number of hydrogen-bond donors (Lipinski definition) is 1. The van der Waals surface area contributed by atoms with Crippen molar-refractivity contribution < 1.29 is 9.18 Å². The van der Waals surface area contributed by atoms with E-state index in [-0.39, 0.29) is 16.6 Å². The Bertz CT molecular complexity index is 360. The summed E-state index contributed by atoms with van der Waals surface area (Å²) in [5.74, 6) is -0.369. The number of benzene rings is 1. The number of nitrogens with one attached hydrogen (secondary N) is 1. The average molecular weight is 353 g/mol. The van der Waals surface area contributed by atoms with Crippen LogP contribution >= 0.6 is 31.9 Å². The number of carbonyl (C=O) groups excluding carboxylic acids is 1. The van der Waals surface area contributed by atoms with Gasteiger partial charge in [-0.05, 0) is 24.1 Å². The average Bonchev–Trinajstić information content (AvgIpc) is 2.26. The zero-order valence-corrected chi connectivity index (χ0v) is 11.7. The Morgan fingerprint density at radius 2 is 2.25 bits per heavy atom. The lowest BCUT2D eigenvalue weighted by Crippen LogP contribution is -2.30. The summed E-state index contributed by atoms with van der Waals surface area (Å²) in [6.07, 6.45) is 0.717. The zero-order valence-electron chi connectivity index (χ0n) is 8.55. The number of halogens is 3. The lowest BCUT2D eigenvalue weighted by molar-refractivity contribution is -0.120. The maximum atomic E-state index is 12.8. The van der Waals surface area contributed by atoms with Crippen LogP contribution in [0.2, 0.25) is 0 Å². The van der Waals surface area contributed by atoms with Gasteiger partial charge in [0, 0.05) is 11.9 Å². The number of hydrogen-bond acceptors (Lipinski definition) is 1. The van der Waals surface area contributed by atoms with Crippen LogP contribution in [0.15, 0.2) is 24.3 Å². The molecule has 88 valence electrons. The molecule has 0 spiro atoms. The predicted octanol–water partition coefficient (Wildman–Crippen LogP) is 2.99. The molecule has 0 heterocycles. The van der Waals surface area contributed by atoms with E-state index in [9.17, 15) is 9.18 Å². The minimum Gasteiger partial charge on any atom is -0.351 e. The second-order valence-corrected chi connectivity index (χ2v) is 5.19. The van der Waals surface area contributed by atoms with Gasteiger partial charge < -0.3 is 5.32 Å². The monoisotopic (exact) mass is 351 g/mol. The first-order valence-corrected chi connectivity index (χ1v) is 6.89. The van der Waals surface area contributed by atoms with Gasteiger partial charge >= 0.3 is 0 Å². The molecule has 0 fully saturated rings. The standard InChI is InChI=1S/C11H12Br2FNO/c12-5-4-10(13)11(16)15-7-8-2-1-3-9(14)6-8/h1-3,6,10H,4-5,7H2,(H,15,16)/t10-/m0/s1. The lowest BCUT2D eigenvalue weighted by atomic mass is 10.2. The van der Waals surface area contributed by atoms with E-state index in [2.05, 4.69) is 37.2 Å². The van der Waals surface area contributed by atoms with Gasteiger partial charge in [-0.2, -0.15) is 0 Å². The Balaban J connectivity index is 2.42. The number of alkyl halides is 2. The van der Waals surface area contributed by atoms with E-state index in [1.807, 2.05) is 0 Å². The van der Waals surface area contributed by atoms with Crippen molar-refractivity contribution in [3.8, 4) is 0 Å². The van der Waals surface area contributed by atoms with Crippen LogP contribution in [0.5, 0.6) is 0 Å². The van der Waals surface area contributed by atoms with Gasteiger partial charge in [0.25, 0.3) is 0 Å². The van der Waals surface area contributed by atoms with Crippen molar-refractivity contribution in [2.24, 2.45) is 0 Å². The van der Waals surface area contributed by atoms with Crippen LogP contribution in [-0.2, 0) is 11.3 Å². The third-order valence-corrected chi connectivity index (χ3v) is 3.33. The molecule has 0 radical (unpaired) electrons. The molecular weight excluding hydrogens is 341 g/mol. The van der Waals surface area contributed by atoms with Crippen molar-refractivity contribution in [3.05, 3.63) is 35.6 Å². The lowest BCUT2D eigenvalue weighted by Gasteiger charge is -2.09.